The van der Waals surface area contributed by atoms with E-state index in [0.29, 0.717) is 12.4 Å². The maximum Gasteiger partial charge on any atom is 0.214 e. The molecule has 0 fully saturated rings. The first kappa shape index (κ1) is 13.2. The molecule has 0 aromatic rings. The number of rotatable bonds is 4. The Morgan fingerprint density at radius 3 is 2.08 bits per heavy atom. The van der Waals surface area contributed by atoms with Gasteiger partial charge in [0.2, 0.25) is 10.0 Å². The van der Waals surface area contributed by atoms with Crippen molar-refractivity contribution in [3.63, 3.8) is 0 Å². The lowest BCUT2D eigenvalue weighted by atomic mass is 10.0. The molecule has 13 heavy (non-hydrogen) atoms. The molecule has 0 saturated carbocycles. The highest BCUT2D eigenvalue weighted by atomic mass is 35.5. The predicted molar refractivity (Wildman–Crippen MR) is 56.6 cm³/mol. The SMILES string of the molecule is CN(CCCl)S(=O)(=O)CC(C)(C)C. The molecule has 0 rings (SSSR count). The fraction of sp³-hybridized carbons (Fsp3) is 1.00. The maximum atomic E-state index is 11.6. The zero-order valence-corrected chi connectivity index (χ0v) is 10.2. The van der Waals surface area contributed by atoms with Gasteiger partial charge in [-0.05, 0) is 5.41 Å². The lowest BCUT2D eigenvalue weighted by Crippen LogP contribution is -2.35. The van der Waals surface area contributed by atoms with Crippen molar-refractivity contribution in [2.45, 2.75) is 20.8 Å². The molecule has 0 heterocycles. The van der Waals surface area contributed by atoms with Crippen LogP contribution in [0, 0.1) is 5.41 Å². The molecule has 0 amide bonds. The number of nitrogens with zero attached hydrogens (tertiary/aromatic N) is 1. The molecule has 0 aliphatic carbocycles. The molecule has 0 aliphatic rings. The first-order valence-electron chi connectivity index (χ1n) is 4.19. The number of hydrogen-bond donors (Lipinski definition) is 0. The van der Waals surface area contributed by atoms with Crippen molar-refractivity contribution in [1.29, 1.82) is 0 Å². The van der Waals surface area contributed by atoms with Gasteiger partial charge in [-0.2, -0.15) is 0 Å². The summed E-state index contributed by atoms with van der Waals surface area (Å²) in [4.78, 5) is 0. The molecule has 0 aromatic carbocycles. The Morgan fingerprint density at radius 2 is 1.77 bits per heavy atom. The summed E-state index contributed by atoms with van der Waals surface area (Å²) >= 11 is 5.47. The van der Waals surface area contributed by atoms with E-state index in [1.165, 1.54) is 4.31 Å². The van der Waals surface area contributed by atoms with Crippen LogP contribution in [0.3, 0.4) is 0 Å². The van der Waals surface area contributed by atoms with Gasteiger partial charge in [-0.1, -0.05) is 20.8 Å². The van der Waals surface area contributed by atoms with Gasteiger partial charge in [0.05, 0.1) is 5.75 Å². The van der Waals surface area contributed by atoms with Crippen LogP contribution < -0.4 is 0 Å². The Balaban J connectivity index is 4.41. The van der Waals surface area contributed by atoms with Gasteiger partial charge in [-0.3, -0.25) is 0 Å². The smallest absolute Gasteiger partial charge is 0.212 e. The molecule has 0 unspecified atom stereocenters. The fourth-order valence-electron chi connectivity index (χ4n) is 0.915. The summed E-state index contributed by atoms with van der Waals surface area (Å²) in [5.41, 5.74) is -0.209. The standard InChI is InChI=1S/C8H18ClNO2S/c1-8(2,3)7-13(11,12)10(4)6-5-9/h5-7H2,1-4H3. The molecule has 0 bridgehead atoms. The third-order valence-corrected chi connectivity index (χ3v) is 4.02. The zero-order chi connectivity index (χ0) is 10.7. The van der Waals surface area contributed by atoms with E-state index in [2.05, 4.69) is 0 Å². The summed E-state index contributed by atoms with van der Waals surface area (Å²) in [5.74, 6) is 0.493. The highest BCUT2D eigenvalue weighted by Gasteiger charge is 2.24. The normalized spacial score (nSPS) is 13.7. The van der Waals surface area contributed by atoms with Crippen molar-refractivity contribution in [1.82, 2.24) is 4.31 Å². The minimum atomic E-state index is -3.13. The number of sulfonamides is 1. The second kappa shape index (κ2) is 4.62. The van der Waals surface area contributed by atoms with Crippen molar-refractivity contribution in [3.8, 4) is 0 Å². The number of halogens is 1. The monoisotopic (exact) mass is 227 g/mol. The fourth-order valence-corrected chi connectivity index (χ4v) is 2.95. The Labute approximate surface area is 86.1 Å². The van der Waals surface area contributed by atoms with E-state index in [1.54, 1.807) is 7.05 Å². The van der Waals surface area contributed by atoms with Gasteiger partial charge in [0, 0.05) is 19.5 Å². The summed E-state index contributed by atoms with van der Waals surface area (Å²) in [5, 5.41) is 0. The third kappa shape index (κ3) is 5.49. The Morgan fingerprint density at radius 1 is 1.31 bits per heavy atom. The highest BCUT2D eigenvalue weighted by Crippen LogP contribution is 2.17. The van der Waals surface area contributed by atoms with Crippen LogP contribution in [0.4, 0.5) is 0 Å². The predicted octanol–water partition coefficient (Wildman–Crippen LogP) is 1.53. The van der Waals surface area contributed by atoms with Gasteiger partial charge in [0.15, 0.2) is 0 Å². The van der Waals surface area contributed by atoms with Crippen LogP contribution in [0.1, 0.15) is 20.8 Å². The minimum Gasteiger partial charge on any atom is -0.212 e. The topological polar surface area (TPSA) is 37.4 Å². The van der Waals surface area contributed by atoms with Crippen molar-refractivity contribution in [2.75, 3.05) is 25.2 Å². The summed E-state index contributed by atoms with van der Waals surface area (Å²) < 4.78 is 24.5. The molecule has 0 atom stereocenters. The molecule has 3 nitrogen and oxygen atoms in total. The largest absolute Gasteiger partial charge is 0.214 e. The summed E-state index contributed by atoms with van der Waals surface area (Å²) in [7, 11) is -1.57. The molecule has 0 radical (unpaired) electrons. The van der Waals surface area contributed by atoms with E-state index < -0.39 is 10.0 Å². The molecular formula is C8H18ClNO2S. The van der Waals surface area contributed by atoms with E-state index in [1.807, 2.05) is 20.8 Å². The lowest BCUT2D eigenvalue weighted by molar-refractivity contribution is 0.429. The van der Waals surface area contributed by atoms with Crippen LogP contribution in [0.5, 0.6) is 0 Å². The third-order valence-electron chi connectivity index (χ3n) is 1.49. The summed E-state index contributed by atoms with van der Waals surface area (Å²) in [6.45, 7) is 6.08. The maximum absolute atomic E-state index is 11.6. The van der Waals surface area contributed by atoms with E-state index in [9.17, 15) is 8.42 Å². The molecule has 80 valence electrons. The van der Waals surface area contributed by atoms with Crippen molar-refractivity contribution in [3.05, 3.63) is 0 Å². The average molecular weight is 228 g/mol. The van der Waals surface area contributed by atoms with Gasteiger partial charge in [-0.15, -0.1) is 11.6 Å². The first-order chi connectivity index (χ1) is 5.69. The quantitative estimate of drug-likeness (QED) is 0.684. The lowest BCUT2D eigenvalue weighted by Gasteiger charge is -2.23. The number of alkyl halides is 1. The van der Waals surface area contributed by atoms with Crippen LogP contribution in [0.25, 0.3) is 0 Å². The molecule has 5 heteroatoms. The number of hydrogen-bond acceptors (Lipinski definition) is 2. The second-order valence-electron chi connectivity index (χ2n) is 4.33. The first-order valence-corrected chi connectivity index (χ1v) is 6.33. The summed E-state index contributed by atoms with van der Waals surface area (Å²) in [6.07, 6.45) is 0. The molecule has 0 N–H and O–H groups in total. The van der Waals surface area contributed by atoms with E-state index in [4.69, 9.17) is 11.6 Å². The van der Waals surface area contributed by atoms with Crippen LogP contribution in [-0.2, 0) is 10.0 Å². The Bertz CT molecular complexity index is 243. The van der Waals surface area contributed by atoms with Gasteiger partial charge >= 0.3 is 0 Å². The Hall–Kier alpha value is 0.200. The van der Waals surface area contributed by atoms with Gasteiger partial charge in [0.1, 0.15) is 0 Å². The van der Waals surface area contributed by atoms with E-state index >= 15 is 0 Å². The molecular weight excluding hydrogens is 210 g/mol. The molecule has 0 saturated heterocycles. The minimum absolute atomic E-state index is 0.160. The van der Waals surface area contributed by atoms with Gasteiger partial charge in [-0.25, -0.2) is 12.7 Å². The van der Waals surface area contributed by atoms with Crippen molar-refractivity contribution >= 4 is 21.6 Å². The molecule has 0 spiro atoms. The summed E-state index contributed by atoms with van der Waals surface area (Å²) in [6, 6.07) is 0. The van der Waals surface area contributed by atoms with Crippen LogP contribution in [0.2, 0.25) is 0 Å². The average Bonchev–Trinajstić information content (AvgIpc) is 1.82. The van der Waals surface area contributed by atoms with Crippen LogP contribution in [0.15, 0.2) is 0 Å². The molecule has 0 aromatic heterocycles. The van der Waals surface area contributed by atoms with Crippen molar-refractivity contribution < 1.29 is 8.42 Å². The van der Waals surface area contributed by atoms with E-state index in [-0.39, 0.29) is 11.2 Å². The Kier molecular flexibility index (Phi) is 4.69. The van der Waals surface area contributed by atoms with Crippen LogP contribution >= 0.6 is 11.6 Å². The highest BCUT2D eigenvalue weighted by molar-refractivity contribution is 7.89. The van der Waals surface area contributed by atoms with E-state index in [0.717, 1.165) is 0 Å². The zero-order valence-electron chi connectivity index (χ0n) is 8.67. The second-order valence-corrected chi connectivity index (χ2v) is 6.78. The van der Waals surface area contributed by atoms with Crippen molar-refractivity contribution in [2.24, 2.45) is 5.41 Å². The van der Waals surface area contributed by atoms with Crippen LogP contribution in [-0.4, -0.2) is 37.9 Å². The van der Waals surface area contributed by atoms with Gasteiger partial charge < -0.3 is 0 Å². The molecule has 0 aliphatic heterocycles. The van der Waals surface area contributed by atoms with Gasteiger partial charge in [0.25, 0.3) is 0 Å².